The molecule has 12 aromatic rings. The monoisotopic (exact) mass is 820 g/mol. The first kappa shape index (κ1) is 36.8. The van der Waals surface area contributed by atoms with Crippen molar-refractivity contribution in [3.63, 3.8) is 0 Å². The predicted octanol–water partition coefficient (Wildman–Crippen LogP) is 17.3. The number of anilines is 3. The van der Waals surface area contributed by atoms with Gasteiger partial charge in [0.1, 0.15) is 0 Å². The number of hydrogen-bond donors (Lipinski definition) is 0. The van der Waals surface area contributed by atoms with Crippen LogP contribution in [-0.4, -0.2) is 4.57 Å². The van der Waals surface area contributed by atoms with Crippen LogP contribution in [-0.2, 0) is 0 Å². The third kappa shape index (κ3) is 6.67. The second-order valence-electron chi connectivity index (χ2n) is 16.2. The van der Waals surface area contributed by atoms with Crippen molar-refractivity contribution in [3.8, 4) is 50.2 Å². The highest BCUT2D eigenvalue weighted by Gasteiger charge is 2.17. The lowest BCUT2D eigenvalue weighted by atomic mass is 9.98. The van der Waals surface area contributed by atoms with Crippen LogP contribution in [0.3, 0.4) is 0 Å². The number of rotatable bonds is 8. The molecule has 12 rings (SSSR count). The zero-order valence-corrected chi connectivity index (χ0v) is 35.2. The molecule has 0 aliphatic rings. The average molecular weight is 821 g/mol. The van der Waals surface area contributed by atoms with Gasteiger partial charge in [-0.05, 0) is 123 Å². The first-order chi connectivity index (χ1) is 31.2. The Kier molecular flexibility index (Phi) is 9.06. The smallest absolute Gasteiger partial charge is 0.0547 e. The Bertz CT molecular complexity index is 3500. The van der Waals surface area contributed by atoms with Crippen LogP contribution in [0.4, 0.5) is 17.1 Å². The maximum Gasteiger partial charge on any atom is 0.0547 e. The molecule has 0 saturated heterocycles. The topological polar surface area (TPSA) is 8.17 Å². The van der Waals surface area contributed by atoms with Crippen molar-refractivity contribution >= 4 is 70.4 Å². The Morgan fingerprint density at radius 2 is 0.714 bits per heavy atom. The Morgan fingerprint density at radius 3 is 1.35 bits per heavy atom. The van der Waals surface area contributed by atoms with Crippen LogP contribution in [0.2, 0.25) is 0 Å². The second-order valence-corrected chi connectivity index (χ2v) is 17.2. The fourth-order valence-corrected chi connectivity index (χ4v) is 10.4. The number of hydrogen-bond acceptors (Lipinski definition) is 2. The number of nitrogens with zero attached hydrogens (tertiary/aromatic N) is 2. The summed E-state index contributed by atoms with van der Waals surface area (Å²) in [7, 11) is 0. The summed E-state index contributed by atoms with van der Waals surface area (Å²) in [6, 6.07) is 88.3. The summed E-state index contributed by atoms with van der Waals surface area (Å²) < 4.78 is 5.08. The van der Waals surface area contributed by atoms with Gasteiger partial charge in [-0.1, -0.05) is 164 Å². The van der Waals surface area contributed by atoms with E-state index >= 15 is 0 Å². The number of thiophene rings is 1. The molecule has 0 amide bonds. The highest BCUT2D eigenvalue weighted by molar-refractivity contribution is 7.25. The quantitative estimate of drug-likeness (QED) is 0.148. The van der Waals surface area contributed by atoms with Gasteiger partial charge in [0.25, 0.3) is 0 Å². The van der Waals surface area contributed by atoms with Crippen molar-refractivity contribution < 1.29 is 0 Å². The molecule has 0 aliphatic heterocycles. The van der Waals surface area contributed by atoms with E-state index in [0.717, 1.165) is 17.1 Å². The normalized spacial score (nSPS) is 11.5. The molecule has 0 fully saturated rings. The highest BCUT2D eigenvalue weighted by atomic mass is 32.1. The second kappa shape index (κ2) is 15.5. The summed E-state index contributed by atoms with van der Waals surface area (Å²) in [6.07, 6.45) is 0. The van der Waals surface area contributed by atoms with Gasteiger partial charge in [-0.15, -0.1) is 11.3 Å². The molecule has 2 aromatic heterocycles. The maximum atomic E-state index is 2.44. The van der Waals surface area contributed by atoms with Crippen molar-refractivity contribution in [2.24, 2.45) is 0 Å². The van der Waals surface area contributed by atoms with Gasteiger partial charge in [-0.2, -0.15) is 0 Å². The van der Waals surface area contributed by atoms with E-state index in [-0.39, 0.29) is 0 Å². The molecule has 0 radical (unpaired) electrons. The van der Waals surface area contributed by atoms with Crippen LogP contribution in [0, 0.1) is 0 Å². The lowest BCUT2D eigenvalue weighted by Gasteiger charge is -2.26. The Morgan fingerprint density at radius 1 is 0.270 bits per heavy atom. The first-order valence-electron chi connectivity index (χ1n) is 21.5. The average Bonchev–Trinajstić information content (AvgIpc) is 3.90. The van der Waals surface area contributed by atoms with E-state index in [1.165, 1.54) is 92.2 Å². The van der Waals surface area contributed by atoms with E-state index in [1.807, 2.05) is 11.3 Å². The van der Waals surface area contributed by atoms with Gasteiger partial charge in [0, 0.05) is 53.7 Å². The van der Waals surface area contributed by atoms with E-state index in [4.69, 9.17) is 0 Å². The van der Waals surface area contributed by atoms with Crippen LogP contribution in [0.25, 0.3) is 92.2 Å². The highest BCUT2D eigenvalue weighted by Crippen LogP contribution is 2.41. The minimum absolute atomic E-state index is 1.10. The van der Waals surface area contributed by atoms with Crippen LogP contribution in [0.1, 0.15) is 0 Å². The maximum absolute atomic E-state index is 2.44. The molecule has 0 bridgehead atoms. The van der Waals surface area contributed by atoms with Gasteiger partial charge in [0.15, 0.2) is 0 Å². The summed E-state index contributed by atoms with van der Waals surface area (Å²) in [5.41, 5.74) is 16.5. The number of aromatic nitrogens is 1. The molecule has 63 heavy (non-hydrogen) atoms. The summed E-state index contributed by atoms with van der Waals surface area (Å²) in [6.45, 7) is 0. The van der Waals surface area contributed by atoms with E-state index in [0.29, 0.717) is 0 Å². The lowest BCUT2D eigenvalue weighted by Crippen LogP contribution is -2.09. The molecule has 3 heteroatoms. The minimum Gasteiger partial charge on any atom is -0.311 e. The van der Waals surface area contributed by atoms with Crippen molar-refractivity contribution in [2.45, 2.75) is 0 Å². The van der Waals surface area contributed by atoms with E-state index in [1.54, 1.807) is 0 Å². The van der Waals surface area contributed by atoms with Crippen LogP contribution in [0.15, 0.2) is 243 Å². The van der Waals surface area contributed by atoms with Crippen LogP contribution >= 0.6 is 11.3 Å². The Labute approximate surface area is 370 Å². The standard InChI is InChI=1S/C60H40N2S/c1-3-12-41(13-4-1)43-22-29-49(30-23-43)61(50-31-24-44(25-32-50)42-14-5-2-6-15-42)51-33-26-45(27-34-51)46-16-11-17-47(38-46)48-28-36-54-53-18-7-9-20-57(53)62(58(54)39-48)52-35-37-60-56(40-52)55-19-8-10-21-59(55)63-60/h1-40H. The zero-order valence-electron chi connectivity index (χ0n) is 34.4. The van der Waals surface area contributed by atoms with E-state index in [9.17, 15) is 0 Å². The minimum atomic E-state index is 1.10. The Hall–Kier alpha value is -7.98. The number of benzene rings is 10. The summed E-state index contributed by atoms with van der Waals surface area (Å²) in [4.78, 5) is 2.34. The van der Waals surface area contributed by atoms with Crippen LogP contribution < -0.4 is 4.90 Å². The lowest BCUT2D eigenvalue weighted by molar-refractivity contribution is 1.19. The molecule has 296 valence electrons. The van der Waals surface area contributed by atoms with Gasteiger partial charge < -0.3 is 9.47 Å². The van der Waals surface area contributed by atoms with Crippen molar-refractivity contribution in [3.05, 3.63) is 243 Å². The molecule has 2 heterocycles. The molecule has 0 atom stereocenters. The summed E-state index contributed by atoms with van der Waals surface area (Å²) in [5.74, 6) is 0. The molecule has 0 N–H and O–H groups in total. The predicted molar refractivity (Wildman–Crippen MR) is 270 cm³/mol. The third-order valence-corrected chi connectivity index (χ3v) is 13.6. The van der Waals surface area contributed by atoms with Crippen molar-refractivity contribution in [1.82, 2.24) is 4.57 Å². The number of fused-ring (bicyclic) bond motifs is 6. The van der Waals surface area contributed by atoms with Gasteiger partial charge >= 0.3 is 0 Å². The Balaban J connectivity index is 0.903. The molecule has 0 spiro atoms. The van der Waals surface area contributed by atoms with Gasteiger partial charge in [-0.25, -0.2) is 0 Å². The van der Waals surface area contributed by atoms with Gasteiger partial charge in [-0.3, -0.25) is 0 Å². The third-order valence-electron chi connectivity index (χ3n) is 12.4. The largest absolute Gasteiger partial charge is 0.311 e. The van der Waals surface area contributed by atoms with E-state index < -0.39 is 0 Å². The molecule has 0 saturated carbocycles. The molecule has 2 nitrogen and oxygen atoms in total. The van der Waals surface area contributed by atoms with Crippen molar-refractivity contribution in [1.29, 1.82) is 0 Å². The molecule has 10 aromatic carbocycles. The van der Waals surface area contributed by atoms with Crippen LogP contribution in [0.5, 0.6) is 0 Å². The molecule has 0 unspecified atom stereocenters. The summed E-state index contributed by atoms with van der Waals surface area (Å²) in [5, 5.41) is 5.13. The van der Waals surface area contributed by atoms with Gasteiger partial charge in [0.2, 0.25) is 0 Å². The SMILES string of the molecule is c1ccc(-c2ccc(N(c3ccc(-c4ccccc4)cc3)c3ccc(-c4cccc(-c5ccc6c7ccccc7n(-c7ccc8sc9ccccc9c8c7)c6c5)c4)cc3)cc2)cc1. The van der Waals surface area contributed by atoms with Gasteiger partial charge in [0.05, 0.1) is 11.0 Å². The molecule has 0 aliphatic carbocycles. The summed E-state index contributed by atoms with van der Waals surface area (Å²) >= 11 is 1.86. The fraction of sp³-hybridized carbons (Fsp3) is 0. The zero-order chi connectivity index (χ0) is 41.7. The van der Waals surface area contributed by atoms with Crippen molar-refractivity contribution in [2.75, 3.05) is 4.90 Å². The molecular weight excluding hydrogens is 781 g/mol. The first-order valence-corrected chi connectivity index (χ1v) is 22.3. The fourth-order valence-electron chi connectivity index (χ4n) is 9.28. The molecular formula is C60H40N2S. The number of para-hydroxylation sites is 1. The van der Waals surface area contributed by atoms with E-state index in [2.05, 4.69) is 252 Å².